The van der Waals surface area contributed by atoms with Crippen LogP contribution < -0.4 is 5.32 Å². The molecule has 144 valence electrons. The standard InChI is InChI=1S/C19H24ClFN6/c1-2-22-19(27-8-6-12(7-9-27)18-23-11-24-26-18)25-16-10-13(16)17-14(20)4-3-5-15(17)21/h3-5,11-13,16H,2,6-10H2,1H3,(H,22,25)(H,23,24,26). The molecule has 0 spiro atoms. The fourth-order valence-corrected chi connectivity index (χ4v) is 4.17. The molecule has 0 bridgehead atoms. The Kier molecular flexibility index (Phi) is 5.29. The molecular weight excluding hydrogens is 367 g/mol. The normalized spacial score (nSPS) is 23.5. The molecule has 1 aromatic carbocycles. The molecule has 1 saturated heterocycles. The number of hydrogen-bond acceptors (Lipinski definition) is 3. The highest BCUT2D eigenvalue weighted by molar-refractivity contribution is 6.31. The van der Waals surface area contributed by atoms with Gasteiger partial charge in [-0.3, -0.25) is 10.1 Å². The van der Waals surface area contributed by atoms with Crippen molar-refractivity contribution in [2.45, 2.75) is 44.1 Å². The summed E-state index contributed by atoms with van der Waals surface area (Å²) in [4.78, 5) is 11.2. The molecule has 0 radical (unpaired) electrons. The van der Waals surface area contributed by atoms with Gasteiger partial charge in [0, 0.05) is 48.1 Å². The Morgan fingerprint density at radius 1 is 1.41 bits per heavy atom. The summed E-state index contributed by atoms with van der Waals surface area (Å²) in [6.07, 6.45) is 4.45. The molecule has 1 saturated carbocycles. The van der Waals surface area contributed by atoms with Gasteiger partial charge >= 0.3 is 0 Å². The van der Waals surface area contributed by atoms with Gasteiger partial charge in [0.2, 0.25) is 0 Å². The van der Waals surface area contributed by atoms with Crippen LogP contribution >= 0.6 is 11.6 Å². The van der Waals surface area contributed by atoms with Gasteiger partial charge in [0.15, 0.2) is 5.96 Å². The summed E-state index contributed by atoms with van der Waals surface area (Å²) in [7, 11) is 0. The molecule has 27 heavy (non-hydrogen) atoms. The van der Waals surface area contributed by atoms with Gasteiger partial charge in [-0.05, 0) is 38.3 Å². The van der Waals surface area contributed by atoms with E-state index in [-0.39, 0.29) is 17.8 Å². The van der Waals surface area contributed by atoms with Gasteiger partial charge in [0.25, 0.3) is 0 Å². The molecule has 1 aromatic heterocycles. The van der Waals surface area contributed by atoms with Crippen LogP contribution in [0, 0.1) is 5.82 Å². The van der Waals surface area contributed by atoms with Crippen LogP contribution in [0.25, 0.3) is 0 Å². The number of guanidine groups is 1. The number of nitrogens with zero attached hydrogens (tertiary/aromatic N) is 4. The minimum absolute atomic E-state index is 0.104. The SMILES string of the molecule is CCN=C(NC1CC1c1c(F)cccc1Cl)N1CCC(c2ncn[nH]2)CC1. The first-order valence-electron chi connectivity index (χ1n) is 9.52. The number of halogens is 2. The maximum atomic E-state index is 14.2. The molecule has 4 rings (SSSR count). The third-order valence-electron chi connectivity index (χ3n) is 5.40. The van der Waals surface area contributed by atoms with E-state index in [1.807, 2.05) is 6.92 Å². The lowest BCUT2D eigenvalue weighted by Gasteiger charge is -2.33. The fourth-order valence-electron chi connectivity index (χ4n) is 3.87. The number of nitrogens with one attached hydrogen (secondary N) is 2. The summed E-state index contributed by atoms with van der Waals surface area (Å²) >= 11 is 6.22. The van der Waals surface area contributed by atoms with E-state index in [0.29, 0.717) is 23.0 Å². The first kappa shape index (κ1) is 18.2. The minimum atomic E-state index is -0.223. The molecule has 1 aliphatic heterocycles. The van der Waals surface area contributed by atoms with E-state index >= 15 is 0 Å². The van der Waals surface area contributed by atoms with E-state index < -0.39 is 0 Å². The summed E-state index contributed by atoms with van der Waals surface area (Å²) in [5.74, 6) is 2.17. The summed E-state index contributed by atoms with van der Waals surface area (Å²) in [6.45, 7) is 4.56. The van der Waals surface area contributed by atoms with E-state index in [0.717, 1.165) is 44.1 Å². The molecule has 6 nitrogen and oxygen atoms in total. The van der Waals surface area contributed by atoms with Crippen molar-refractivity contribution in [2.75, 3.05) is 19.6 Å². The fraction of sp³-hybridized carbons (Fsp3) is 0.526. The van der Waals surface area contributed by atoms with E-state index in [9.17, 15) is 4.39 Å². The van der Waals surface area contributed by atoms with E-state index in [1.54, 1.807) is 18.5 Å². The van der Waals surface area contributed by atoms with Crippen molar-refractivity contribution in [3.05, 3.63) is 46.8 Å². The van der Waals surface area contributed by atoms with Crippen LogP contribution in [0.1, 0.15) is 49.4 Å². The molecule has 2 heterocycles. The first-order chi connectivity index (χ1) is 13.2. The second-order valence-corrected chi connectivity index (χ2v) is 7.57. The summed E-state index contributed by atoms with van der Waals surface area (Å²) < 4.78 is 14.2. The third-order valence-corrected chi connectivity index (χ3v) is 5.73. The third kappa shape index (κ3) is 3.93. The number of aromatic nitrogens is 3. The van der Waals surface area contributed by atoms with Crippen molar-refractivity contribution in [1.29, 1.82) is 0 Å². The molecule has 2 aliphatic rings. The van der Waals surface area contributed by atoms with Gasteiger partial charge in [-0.25, -0.2) is 9.37 Å². The number of likely N-dealkylation sites (tertiary alicyclic amines) is 1. The second-order valence-electron chi connectivity index (χ2n) is 7.16. The highest BCUT2D eigenvalue weighted by Gasteiger charge is 2.42. The Hall–Kier alpha value is -2.15. The van der Waals surface area contributed by atoms with Gasteiger partial charge < -0.3 is 10.2 Å². The van der Waals surface area contributed by atoms with Crippen molar-refractivity contribution in [2.24, 2.45) is 4.99 Å². The molecule has 0 amide bonds. The maximum Gasteiger partial charge on any atom is 0.194 e. The molecule has 2 N–H and O–H groups in total. The average molecular weight is 391 g/mol. The Morgan fingerprint density at radius 2 is 2.22 bits per heavy atom. The molecular formula is C19H24ClFN6. The lowest BCUT2D eigenvalue weighted by Crippen LogP contribution is -2.46. The van der Waals surface area contributed by atoms with E-state index in [4.69, 9.17) is 11.6 Å². The quantitative estimate of drug-likeness (QED) is 0.620. The second kappa shape index (κ2) is 7.84. The Balaban J connectivity index is 1.38. The Morgan fingerprint density at radius 3 is 2.89 bits per heavy atom. The first-order valence-corrected chi connectivity index (χ1v) is 9.90. The summed E-state index contributed by atoms with van der Waals surface area (Å²) in [5.41, 5.74) is 0.622. The number of benzene rings is 1. The monoisotopic (exact) mass is 390 g/mol. The van der Waals surface area contributed by atoms with Gasteiger partial charge in [0.05, 0.1) is 0 Å². The molecule has 1 aliphatic carbocycles. The number of aliphatic imine (C=N–C) groups is 1. The topological polar surface area (TPSA) is 69.2 Å². The largest absolute Gasteiger partial charge is 0.353 e. The zero-order valence-electron chi connectivity index (χ0n) is 15.3. The molecule has 8 heteroatoms. The predicted molar refractivity (Wildman–Crippen MR) is 104 cm³/mol. The minimum Gasteiger partial charge on any atom is -0.353 e. The van der Waals surface area contributed by atoms with E-state index in [1.165, 1.54) is 6.07 Å². The number of H-pyrrole nitrogens is 1. The van der Waals surface area contributed by atoms with Crippen molar-refractivity contribution < 1.29 is 4.39 Å². The lowest BCUT2D eigenvalue weighted by atomic mass is 9.96. The van der Waals surface area contributed by atoms with Crippen LogP contribution in [0.4, 0.5) is 4.39 Å². The molecule has 2 fully saturated rings. The molecule has 2 aromatic rings. The molecule has 2 unspecified atom stereocenters. The smallest absolute Gasteiger partial charge is 0.194 e. The lowest BCUT2D eigenvalue weighted by molar-refractivity contribution is 0.298. The van der Waals surface area contributed by atoms with Gasteiger partial charge in [-0.2, -0.15) is 5.10 Å². The van der Waals surface area contributed by atoms with Crippen LogP contribution in [0.5, 0.6) is 0 Å². The van der Waals surface area contributed by atoms with Crippen molar-refractivity contribution in [3.8, 4) is 0 Å². The summed E-state index contributed by atoms with van der Waals surface area (Å²) in [5, 5.41) is 11.0. The van der Waals surface area contributed by atoms with Crippen LogP contribution in [0.2, 0.25) is 5.02 Å². The summed E-state index contributed by atoms with van der Waals surface area (Å²) in [6, 6.07) is 5.06. The van der Waals surface area contributed by atoms with Crippen LogP contribution in [0.15, 0.2) is 29.5 Å². The van der Waals surface area contributed by atoms with Crippen molar-refractivity contribution in [1.82, 2.24) is 25.4 Å². The highest BCUT2D eigenvalue weighted by Crippen LogP contribution is 2.45. The number of hydrogen-bond donors (Lipinski definition) is 2. The zero-order chi connectivity index (χ0) is 18.8. The van der Waals surface area contributed by atoms with Crippen LogP contribution in [0.3, 0.4) is 0 Å². The predicted octanol–water partition coefficient (Wildman–Crippen LogP) is 3.30. The molecule has 2 atom stereocenters. The van der Waals surface area contributed by atoms with Crippen molar-refractivity contribution in [3.63, 3.8) is 0 Å². The van der Waals surface area contributed by atoms with Crippen molar-refractivity contribution >= 4 is 17.6 Å². The number of rotatable bonds is 4. The maximum absolute atomic E-state index is 14.2. The van der Waals surface area contributed by atoms with Gasteiger partial charge in [0.1, 0.15) is 18.0 Å². The van der Waals surface area contributed by atoms with Gasteiger partial charge in [-0.1, -0.05) is 17.7 Å². The Bertz CT molecular complexity index is 780. The zero-order valence-corrected chi connectivity index (χ0v) is 16.1. The van der Waals surface area contributed by atoms with Crippen LogP contribution in [-0.4, -0.2) is 51.7 Å². The van der Waals surface area contributed by atoms with Gasteiger partial charge in [-0.15, -0.1) is 0 Å². The number of aromatic amines is 1. The average Bonchev–Trinajstić information content (AvgIpc) is 3.18. The Labute approximate surface area is 163 Å². The van der Waals surface area contributed by atoms with E-state index in [2.05, 4.69) is 30.4 Å². The van der Waals surface area contributed by atoms with Crippen LogP contribution in [-0.2, 0) is 0 Å². The number of piperidine rings is 1. The highest BCUT2D eigenvalue weighted by atomic mass is 35.5.